The molecule has 0 heterocycles. The minimum absolute atomic E-state index is 0.0297. The van der Waals surface area contributed by atoms with E-state index in [1.165, 1.54) is 5.56 Å². The Bertz CT molecular complexity index is 381. The Labute approximate surface area is 122 Å². The molecular formula is C16H27N3O. The summed E-state index contributed by atoms with van der Waals surface area (Å²) in [6.07, 6.45) is 0.974. The molecule has 0 saturated heterocycles. The van der Waals surface area contributed by atoms with Gasteiger partial charge in [0.2, 0.25) is 5.91 Å². The van der Waals surface area contributed by atoms with E-state index in [-0.39, 0.29) is 11.8 Å². The molecule has 4 nitrogen and oxygen atoms in total. The molecule has 0 spiro atoms. The number of carbonyl (C=O) groups excluding carboxylic acids is 1. The molecule has 1 rings (SSSR count). The predicted molar refractivity (Wildman–Crippen MR) is 83.5 cm³/mol. The molecule has 2 N–H and O–H groups in total. The zero-order chi connectivity index (χ0) is 14.8. The van der Waals surface area contributed by atoms with Gasteiger partial charge in [-0.25, -0.2) is 0 Å². The van der Waals surface area contributed by atoms with Gasteiger partial charge in [0.15, 0.2) is 0 Å². The van der Waals surface area contributed by atoms with Gasteiger partial charge in [-0.05, 0) is 32.6 Å². The summed E-state index contributed by atoms with van der Waals surface area (Å²) < 4.78 is 0. The number of hydrogen-bond donors (Lipinski definition) is 2. The summed E-state index contributed by atoms with van der Waals surface area (Å²) in [5.74, 6) is 0.159. The highest BCUT2D eigenvalue weighted by Crippen LogP contribution is 2.02. The standard InChI is InChI=1S/C16H27N3O/c1-14(12-17-2)16(20)18-10-7-11-19(3)13-15-8-5-4-6-9-15/h4-6,8-9,14,17H,7,10-13H2,1-3H3,(H,18,20). The Balaban J connectivity index is 2.13. The maximum absolute atomic E-state index is 11.7. The smallest absolute Gasteiger partial charge is 0.224 e. The first kappa shape index (κ1) is 16.7. The number of nitrogens with zero attached hydrogens (tertiary/aromatic N) is 1. The largest absolute Gasteiger partial charge is 0.356 e. The van der Waals surface area contributed by atoms with Crippen LogP contribution >= 0.6 is 0 Å². The first-order chi connectivity index (χ1) is 9.63. The molecule has 0 radical (unpaired) electrons. The van der Waals surface area contributed by atoms with Crippen molar-refractivity contribution in [3.8, 4) is 0 Å². The number of rotatable bonds is 9. The predicted octanol–water partition coefficient (Wildman–Crippen LogP) is 1.48. The second-order valence-corrected chi connectivity index (χ2v) is 5.33. The molecule has 0 saturated carbocycles. The third-order valence-corrected chi connectivity index (χ3v) is 3.27. The van der Waals surface area contributed by atoms with Crippen molar-refractivity contribution in [2.45, 2.75) is 19.9 Å². The van der Waals surface area contributed by atoms with Crippen molar-refractivity contribution in [1.82, 2.24) is 15.5 Å². The van der Waals surface area contributed by atoms with Crippen molar-refractivity contribution < 1.29 is 4.79 Å². The lowest BCUT2D eigenvalue weighted by Crippen LogP contribution is -2.35. The summed E-state index contributed by atoms with van der Waals surface area (Å²) in [5, 5.41) is 6.00. The lowest BCUT2D eigenvalue weighted by atomic mass is 10.1. The fraction of sp³-hybridized carbons (Fsp3) is 0.562. The van der Waals surface area contributed by atoms with Gasteiger partial charge in [-0.2, -0.15) is 0 Å². The van der Waals surface area contributed by atoms with E-state index in [0.717, 1.165) is 32.6 Å². The first-order valence-corrected chi connectivity index (χ1v) is 7.28. The number of carbonyl (C=O) groups is 1. The van der Waals surface area contributed by atoms with Gasteiger partial charge in [-0.15, -0.1) is 0 Å². The van der Waals surface area contributed by atoms with E-state index in [1.807, 2.05) is 20.0 Å². The molecule has 1 aromatic carbocycles. The molecule has 0 aromatic heterocycles. The molecular weight excluding hydrogens is 250 g/mol. The fourth-order valence-electron chi connectivity index (χ4n) is 2.11. The minimum atomic E-state index is 0.0297. The maximum atomic E-state index is 11.7. The van der Waals surface area contributed by atoms with Crippen molar-refractivity contribution in [2.24, 2.45) is 5.92 Å². The maximum Gasteiger partial charge on any atom is 0.224 e. The number of benzene rings is 1. The molecule has 0 aliphatic rings. The van der Waals surface area contributed by atoms with Gasteiger partial charge in [0.05, 0.1) is 0 Å². The van der Waals surface area contributed by atoms with Crippen molar-refractivity contribution in [3.63, 3.8) is 0 Å². The van der Waals surface area contributed by atoms with Gasteiger partial charge in [0, 0.05) is 25.6 Å². The third kappa shape index (κ3) is 6.68. The molecule has 0 bridgehead atoms. The van der Waals surface area contributed by atoms with Crippen LogP contribution in [0.5, 0.6) is 0 Å². The summed E-state index contributed by atoms with van der Waals surface area (Å²) in [5.41, 5.74) is 1.32. The van der Waals surface area contributed by atoms with Crippen LogP contribution in [-0.2, 0) is 11.3 Å². The van der Waals surface area contributed by atoms with E-state index in [9.17, 15) is 4.79 Å². The van der Waals surface area contributed by atoms with Crippen LogP contribution in [0.15, 0.2) is 30.3 Å². The normalized spacial score (nSPS) is 12.4. The Hall–Kier alpha value is -1.39. The van der Waals surface area contributed by atoms with Crippen LogP contribution < -0.4 is 10.6 Å². The number of amides is 1. The van der Waals surface area contributed by atoms with E-state index in [0.29, 0.717) is 0 Å². The molecule has 1 atom stereocenters. The molecule has 0 aliphatic heterocycles. The summed E-state index contributed by atoms with van der Waals surface area (Å²) in [7, 11) is 3.97. The van der Waals surface area contributed by atoms with E-state index in [1.54, 1.807) is 0 Å². The van der Waals surface area contributed by atoms with E-state index >= 15 is 0 Å². The van der Waals surface area contributed by atoms with Crippen LogP contribution in [0.2, 0.25) is 0 Å². The van der Waals surface area contributed by atoms with E-state index in [2.05, 4.69) is 46.8 Å². The molecule has 1 unspecified atom stereocenters. The molecule has 1 aromatic rings. The van der Waals surface area contributed by atoms with Crippen LogP contribution in [0.25, 0.3) is 0 Å². The molecule has 0 aliphatic carbocycles. The topological polar surface area (TPSA) is 44.4 Å². The van der Waals surface area contributed by atoms with Crippen LogP contribution in [0.3, 0.4) is 0 Å². The average Bonchev–Trinajstić information content (AvgIpc) is 2.44. The number of hydrogen-bond acceptors (Lipinski definition) is 3. The summed E-state index contributed by atoms with van der Waals surface area (Å²) in [4.78, 5) is 14.0. The van der Waals surface area contributed by atoms with Crippen molar-refractivity contribution in [1.29, 1.82) is 0 Å². The summed E-state index contributed by atoms with van der Waals surface area (Å²) in [6, 6.07) is 10.4. The molecule has 4 heteroatoms. The van der Waals surface area contributed by atoms with Crippen molar-refractivity contribution in [2.75, 3.05) is 33.7 Å². The highest BCUT2D eigenvalue weighted by atomic mass is 16.1. The van der Waals surface area contributed by atoms with Gasteiger partial charge in [0.25, 0.3) is 0 Å². The molecule has 0 fully saturated rings. The number of nitrogens with one attached hydrogen (secondary N) is 2. The van der Waals surface area contributed by atoms with Gasteiger partial charge >= 0.3 is 0 Å². The lowest BCUT2D eigenvalue weighted by Gasteiger charge is -2.17. The van der Waals surface area contributed by atoms with E-state index in [4.69, 9.17) is 0 Å². The van der Waals surface area contributed by atoms with Gasteiger partial charge in [-0.1, -0.05) is 37.3 Å². The Morgan fingerprint density at radius 2 is 2.00 bits per heavy atom. The highest BCUT2D eigenvalue weighted by Gasteiger charge is 2.10. The molecule has 1 amide bonds. The van der Waals surface area contributed by atoms with Gasteiger partial charge < -0.3 is 15.5 Å². The average molecular weight is 277 g/mol. The van der Waals surface area contributed by atoms with Crippen LogP contribution in [0.1, 0.15) is 18.9 Å². The lowest BCUT2D eigenvalue weighted by molar-refractivity contribution is -0.124. The Kier molecular flexibility index (Phi) is 7.92. The second kappa shape index (κ2) is 9.50. The van der Waals surface area contributed by atoms with Gasteiger partial charge in [-0.3, -0.25) is 4.79 Å². The van der Waals surface area contributed by atoms with Crippen LogP contribution in [-0.4, -0.2) is 44.5 Å². The van der Waals surface area contributed by atoms with Crippen molar-refractivity contribution >= 4 is 5.91 Å². The summed E-state index contributed by atoms with van der Waals surface area (Å²) >= 11 is 0. The Morgan fingerprint density at radius 1 is 1.30 bits per heavy atom. The minimum Gasteiger partial charge on any atom is -0.356 e. The second-order valence-electron chi connectivity index (χ2n) is 5.33. The molecule has 20 heavy (non-hydrogen) atoms. The van der Waals surface area contributed by atoms with E-state index < -0.39 is 0 Å². The van der Waals surface area contributed by atoms with Crippen LogP contribution in [0, 0.1) is 5.92 Å². The van der Waals surface area contributed by atoms with Crippen LogP contribution in [0.4, 0.5) is 0 Å². The summed E-state index contributed by atoms with van der Waals surface area (Å²) in [6.45, 7) is 5.33. The fourth-order valence-corrected chi connectivity index (χ4v) is 2.11. The quantitative estimate of drug-likeness (QED) is 0.672. The monoisotopic (exact) mass is 277 g/mol. The highest BCUT2D eigenvalue weighted by molar-refractivity contribution is 5.78. The Morgan fingerprint density at radius 3 is 2.65 bits per heavy atom. The van der Waals surface area contributed by atoms with Gasteiger partial charge in [0.1, 0.15) is 0 Å². The first-order valence-electron chi connectivity index (χ1n) is 7.28. The zero-order valence-electron chi connectivity index (χ0n) is 12.9. The molecule has 112 valence electrons. The SMILES string of the molecule is CNCC(C)C(=O)NCCCN(C)Cc1ccccc1. The third-order valence-electron chi connectivity index (χ3n) is 3.27. The zero-order valence-corrected chi connectivity index (χ0v) is 12.9. The van der Waals surface area contributed by atoms with Crippen molar-refractivity contribution in [3.05, 3.63) is 35.9 Å².